The van der Waals surface area contributed by atoms with Crippen molar-refractivity contribution in [1.82, 2.24) is 4.90 Å². The van der Waals surface area contributed by atoms with Crippen molar-refractivity contribution in [3.63, 3.8) is 0 Å². The zero-order chi connectivity index (χ0) is 23.4. The Morgan fingerprint density at radius 1 is 0.250 bits per heavy atom. The zero-order valence-corrected chi connectivity index (χ0v) is 23.2. The van der Waals surface area contributed by atoms with Crippen molar-refractivity contribution in [2.75, 3.05) is 19.6 Å². The van der Waals surface area contributed by atoms with Crippen LogP contribution in [-0.2, 0) is 0 Å². The maximum atomic E-state index is 2.76. The number of unbranched alkanes of at least 4 members (excludes halogenated alkanes) is 22. The Bertz CT molecular complexity index is 286. The van der Waals surface area contributed by atoms with Gasteiger partial charge in [0.15, 0.2) is 0 Å². The van der Waals surface area contributed by atoms with Crippen LogP contribution in [-0.4, -0.2) is 24.5 Å². The fraction of sp³-hybridized carbons (Fsp3) is 1.00. The summed E-state index contributed by atoms with van der Waals surface area (Å²) in [7, 11) is 0. The molecular weight excluding hydrogens is 386 g/mol. The molecule has 0 unspecified atom stereocenters. The third-order valence-corrected chi connectivity index (χ3v) is 7.20. The summed E-state index contributed by atoms with van der Waals surface area (Å²) in [6.45, 7) is 11.0. The molecule has 0 spiro atoms. The highest BCUT2D eigenvalue weighted by atomic mass is 15.1. The lowest BCUT2D eigenvalue weighted by molar-refractivity contribution is 0.260. The van der Waals surface area contributed by atoms with Gasteiger partial charge in [-0.2, -0.15) is 0 Å². The summed E-state index contributed by atoms with van der Waals surface area (Å²) in [6.07, 6.45) is 36.3. The number of hydrogen-bond donors (Lipinski definition) is 0. The SMILES string of the molecule is CCCCCCCCCCCCCCN(CCC)CCCCCCCCCCCCCC. The van der Waals surface area contributed by atoms with Crippen molar-refractivity contribution in [2.45, 2.75) is 181 Å². The molecule has 0 saturated heterocycles. The van der Waals surface area contributed by atoms with Crippen LogP contribution in [0.5, 0.6) is 0 Å². The summed E-state index contributed by atoms with van der Waals surface area (Å²) in [6, 6.07) is 0. The Balaban J connectivity index is 3.39. The van der Waals surface area contributed by atoms with E-state index in [1.165, 1.54) is 180 Å². The number of nitrogens with zero attached hydrogens (tertiary/aromatic N) is 1. The predicted octanol–water partition coefficient (Wildman–Crippen LogP) is 11.1. The first-order chi connectivity index (χ1) is 15.8. The molecule has 1 nitrogen and oxygen atoms in total. The van der Waals surface area contributed by atoms with Gasteiger partial charge in [0.2, 0.25) is 0 Å². The Morgan fingerprint density at radius 3 is 0.750 bits per heavy atom. The molecule has 1 heteroatoms. The molecule has 0 aromatic rings. The molecule has 0 aliphatic rings. The molecule has 0 fully saturated rings. The second-order valence-electron chi connectivity index (χ2n) is 10.6. The van der Waals surface area contributed by atoms with Gasteiger partial charge in [-0.05, 0) is 38.9 Å². The number of hydrogen-bond acceptors (Lipinski definition) is 1. The maximum absolute atomic E-state index is 2.76. The quantitative estimate of drug-likeness (QED) is 0.107. The standard InChI is InChI=1S/C31H65N/c1-4-7-9-11-13-15-17-19-21-23-25-27-30-32(29-6-3)31-28-26-24-22-20-18-16-14-12-10-8-5-2/h4-31H2,1-3H3. The summed E-state index contributed by atoms with van der Waals surface area (Å²) in [5.41, 5.74) is 0. The van der Waals surface area contributed by atoms with E-state index >= 15 is 0 Å². The minimum Gasteiger partial charge on any atom is -0.303 e. The van der Waals surface area contributed by atoms with Crippen LogP contribution in [0.1, 0.15) is 181 Å². The average Bonchev–Trinajstić information content (AvgIpc) is 2.80. The van der Waals surface area contributed by atoms with E-state index in [2.05, 4.69) is 25.7 Å². The monoisotopic (exact) mass is 452 g/mol. The van der Waals surface area contributed by atoms with Gasteiger partial charge in [-0.15, -0.1) is 0 Å². The largest absolute Gasteiger partial charge is 0.303 e. The van der Waals surface area contributed by atoms with E-state index in [1.807, 2.05) is 0 Å². The molecule has 0 atom stereocenters. The Kier molecular flexibility index (Phi) is 29.0. The Labute approximate surface area is 205 Å². The first-order valence-corrected chi connectivity index (χ1v) is 15.6. The molecular formula is C31H65N. The van der Waals surface area contributed by atoms with E-state index < -0.39 is 0 Å². The van der Waals surface area contributed by atoms with Crippen molar-refractivity contribution in [3.8, 4) is 0 Å². The molecule has 0 radical (unpaired) electrons. The van der Waals surface area contributed by atoms with Crippen molar-refractivity contribution < 1.29 is 0 Å². The smallest absolute Gasteiger partial charge is 0.00187 e. The summed E-state index contributed by atoms with van der Waals surface area (Å²) < 4.78 is 0. The topological polar surface area (TPSA) is 3.24 Å². The first kappa shape index (κ1) is 32.0. The normalized spacial score (nSPS) is 11.6. The molecule has 0 amide bonds. The van der Waals surface area contributed by atoms with Gasteiger partial charge in [-0.25, -0.2) is 0 Å². The molecule has 0 aliphatic heterocycles. The minimum absolute atomic E-state index is 1.32. The molecule has 0 rings (SSSR count). The molecule has 0 N–H and O–H groups in total. The lowest BCUT2D eigenvalue weighted by Crippen LogP contribution is -2.27. The highest BCUT2D eigenvalue weighted by molar-refractivity contribution is 4.59. The van der Waals surface area contributed by atoms with Crippen LogP contribution >= 0.6 is 0 Å². The van der Waals surface area contributed by atoms with Gasteiger partial charge in [-0.3, -0.25) is 0 Å². The van der Waals surface area contributed by atoms with Gasteiger partial charge in [0.05, 0.1) is 0 Å². The van der Waals surface area contributed by atoms with Crippen LogP contribution in [0, 0.1) is 0 Å². The van der Waals surface area contributed by atoms with E-state index in [1.54, 1.807) is 0 Å². The lowest BCUT2D eigenvalue weighted by Gasteiger charge is -2.21. The predicted molar refractivity (Wildman–Crippen MR) is 149 cm³/mol. The van der Waals surface area contributed by atoms with Crippen LogP contribution in [0.3, 0.4) is 0 Å². The van der Waals surface area contributed by atoms with Gasteiger partial charge in [0.1, 0.15) is 0 Å². The lowest BCUT2D eigenvalue weighted by atomic mass is 10.0. The third kappa shape index (κ3) is 26.2. The molecule has 0 saturated carbocycles. The van der Waals surface area contributed by atoms with E-state index in [-0.39, 0.29) is 0 Å². The van der Waals surface area contributed by atoms with E-state index in [0.717, 1.165) is 0 Å². The van der Waals surface area contributed by atoms with E-state index in [0.29, 0.717) is 0 Å². The molecule has 0 bridgehead atoms. The Morgan fingerprint density at radius 2 is 0.500 bits per heavy atom. The summed E-state index contributed by atoms with van der Waals surface area (Å²) >= 11 is 0. The molecule has 0 aliphatic carbocycles. The first-order valence-electron chi connectivity index (χ1n) is 15.6. The molecule has 0 heterocycles. The summed E-state index contributed by atoms with van der Waals surface area (Å²) in [5, 5.41) is 0. The van der Waals surface area contributed by atoms with Crippen LogP contribution in [0.25, 0.3) is 0 Å². The number of rotatable bonds is 28. The fourth-order valence-corrected chi connectivity index (χ4v) is 5.00. The van der Waals surface area contributed by atoms with Crippen LogP contribution in [0.15, 0.2) is 0 Å². The Hall–Kier alpha value is -0.0400. The highest BCUT2D eigenvalue weighted by Gasteiger charge is 2.03. The highest BCUT2D eigenvalue weighted by Crippen LogP contribution is 2.14. The molecule has 32 heavy (non-hydrogen) atoms. The van der Waals surface area contributed by atoms with E-state index in [9.17, 15) is 0 Å². The maximum Gasteiger partial charge on any atom is -0.00187 e. The van der Waals surface area contributed by atoms with Gasteiger partial charge < -0.3 is 4.90 Å². The second kappa shape index (κ2) is 29.0. The minimum atomic E-state index is 1.32. The van der Waals surface area contributed by atoms with Crippen molar-refractivity contribution in [3.05, 3.63) is 0 Å². The third-order valence-electron chi connectivity index (χ3n) is 7.20. The fourth-order valence-electron chi connectivity index (χ4n) is 5.00. The molecule has 0 aromatic heterocycles. The molecule has 194 valence electrons. The van der Waals surface area contributed by atoms with Crippen molar-refractivity contribution in [2.24, 2.45) is 0 Å². The van der Waals surface area contributed by atoms with Crippen LogP contribution in [0.4, 0.5) is 0 Å². The molecule has 0 aromatic carbocycles. The van der Waals surface area contributed by atoms with Crippen LogP contribution in [0.2, 0.25) is 0 Å². The van der Waals surface area contributed by atoms with E-state index in [4.69, 9.17) is 0 Å². The van der Waals surface area contributed by atoms with Gasteiger partial charge >= 0.3 is 0 Å². The van der Waals surface area contributed by atoms with Crippen LogP contribution < -0.4 is 0 Å². The van der Waals surface area contributed by atoms with Crippen molar-refractivity contribution in [1.29, 1.82) is 0 Å². The van der Waals surface area contributed by atoms with Gasteiger partial charge in [-0.1, -0.05) is 162 Å². The zero-order valence-electron chi connectivity index (χ0n) is 23.2. The van der Waals surface area contributed by atoms with Gasteiger partial charge in [0.25, 0.3) is 0 Å². The van der Waals surface area contributed by atoms with Crippen molar-refractivity contribution >= 4 is 0 Å². The average molecular weight is 452 g/mol. The van der Waals surface area contributed by atoms with Gasteiger partial charge in [0, 0.05) is 0 Å². The summed E-state index contributed by atoms with van der Waals surface area (Å²) in [4.78, 5) is 2.76. The second-order valence-corrected chi connectivity index (χ2v) is 10.6. The summed E-state index contributed by atoms with van der Waals surface area (Å²) in [5.74, 6) is 0.